The molecule has 0 spiro atoms. The zero-order valence-electron chi connectivity index (χ0n) is 15.3. The lowest BCUT2D eigenvalue weighted by Crippen LogP contribution is -2.19. The molecule has 6 nitrogen and oxygen atoms in total. The Morgan fingerprint density at radius 3 is 2.63 bits per heavy atom. The highest BCUT2D eigenvalue weighted by Crippen LogP contribution is 2.32. The molecular weight excluding hydrogens is 457 g/mol. The van der Waals surface area contributed by atoms with Crippen LogP contribution in [0.3, 0.4) is 0 Å². The molecule has 0 atom stereocenters. The number of hydrogen-bond acceptors (Lipinski definition) is 4. The largest absolute Gasteiger partial charge is 0.504 e. The van der Waals surface area contributed by atoms with Crippen LogP contribution in [0, 0.1) is 10.5 Å². The zero-order chi connectivity index (χ0) is 19.6. The molecule has 0 unspecified atom stereocenters. The van der Waals surface area contributed by atoms with Crippen molar-refractivity contribution in [2.45, 2.75) is 13.8 Å². The van der Waals surface area contributed by atoms with E-state index in [1.807, 2.05) is 73.8 Å². The number of aliphatic imine (C=N–C) groups is 1. The standard InChI is InChI=1S/C20H20IN3O3/c1-4-27-17-11-14(10-16(21)19(17)25)12-22-18-13(2)23(3)24(20(18)26)15-8-6-5-7-9-15/h5-12,25H,4H2,1-3H3. The smallest absolute Gasteiger partial charge is 0.297 e. The Hall–Kier alpha value is -2.55. The van der Waals surface area contributed by atoms with Crippen LogP contribution in [0.25, 0.3) is 5.69 Å². The van der Waals surface area contributed by atoms with Gasteiger partial charge in [0.05, 0.1) is 21.6 Å². The Morgan fingerprint density at radius 2 is 1.96 bits per heavy atom. The molecule has 3 rings (SSSR count). The van der Waals surface area contributed by atoms with Gasteiger partial charge in [-0.15, -0.1) is 0 Å². The van der Waals surface area contributed by atoms with E-state index in [1.165, 1.54) is 0 Å². The molecule has 0 aliphatic heterocycles. The first-order valence-corrected chi connectivity index (χ1v) is 9.55. The monoisotopic (exact) mass is 477 g/mol. The molecule has 0 fully saturated rings. The molecule has 1 aromatic heterocycles. The van der Waals surface area contributed by atoms with Gasteiger partial charge in [-0.25, -0.2) is 9.67 Å². The number of aromatic hydroxyl groups is 1. The molecule has 0 saturated heterocycles. The summed E-state index contributed by atoms with van der Waals surface area (Å²) < 4.78 is 9.49. The summed E-state index contributed by atoms with van der Waals surface area (Å²) in [6.45, 7) is 4.16. The van der Waals surface area contributed by atoms with E-state index in [-0.39, 0.29) is 11.3 Å². The van der Waals surface area contributed by atoms with E-state index in [2.05, 4.69) is 4.99 Å². The summed E-state index contributed by atoms with van der Waals surface area (Å²) in [7, 11) is 1.83. The van der Waals surface area contributed by atoms with Crippen LogP contribution in [0.15, 0.2) is 52.3 Å². The van der Waals surface area contributed by atoms with E-state index >= 15 is 0 Å². The number of benzene rings is 2. The molecule has 0 aliphatic carbocycles. The molecule has 0 bridgehead atoms. The second-order valence-corrected chi connectivity index (χ2v) is 7.11. The lowest BCUT2D eigenvalue weighted by Gasteiger charge is -2.08. The van der Waals surface area contributed by atoms with Crippen molar-refractivity contribution in [3.8, 4) is 17.2 Å². The van der Waals surface area contributed by atoms with Crippen LogP contribution >= 0.6 is 22.6 Å². The van der Waals surface area contributed by atoms with Gasteiger partial charge in [0, 0.05) is 13.3 Å². The van der Waals surface area contributed by atoms with E-state index in [0.717, 1.165) is 16.9 Å². The molecular formula is C20H20IN3O3. The van der Waals surface area contributed by atoms with E-state index in [0.29, 0.717) is 21.6 Å². The fourth-order valence-electron chi connectivity index (χ4n) is 2.78. The maximum atomic E-state index is 12.9. The van der Waals surface area contributed by atoms with Gasteiger partial charge in [0.2, 0.25) is 0 Å². The summed E-state index contributed by atoms with van der Waals surface area (Å²) >= 11 is 2.04. The van der Waals surface area contributed by atoms with Crippen LogP contribution in [-0.4, -0.2) is 27.3 Å². The number of ether oxygens (including phenoxy) is 1. The topological polar surface area (TPSA) is 68.8 Å². The maximum Gasteiger partial charge on any atom is 0.297 e. The minimum absolute atomic E-state index is 0.108. The lowest BCUT2D eigenvalue weighted by atomic mass is 10.2. The van der Waals surface area contributed by atoms with Crippen LogP contribution in [0.5, 0.6) is 11.5 Å². The Balaban J connectivity index is 2.03. The normalized spacial score (nSPS) is 11.3. The van der Waals surface area contributed by atoms with Crippen molar-refractivity contribution in [3.05, 3.63) is 67.6 Å². The van der Waals surface area contributed by atoms with Crippen molar-refractivity contribution in [1.29, 1.82) is 0 Å². The van der Waals surface area contributed by atoms with Gasteiger partial charge in [0.25, 0.3) is 5.56 Å². The second-order valence-electron chi connectivity index (χ2n) is 5.95. The Labute approximate surface area is 170 Å². The quantitative estimate of drug-likeness (QED) is 0.447. The molecule has 0 aliphatic rings. The zero-order valence-corrected chi connectivity index (χ0v) is 17.5. The fourth-order valence-corrected chi connectivity index (χ4v) is 3.40. The van der Waals surface area contributed by atoms with Gasteiger partial charge in [0.1, 0.15) is 0 Å². The first-order valence-electron chi connectivity index (χ1n) is 8.47. The molecule has 140 valence electrons. The highest BCUT2D eigenvalue weighted by atomic mass is 127. The molecule has 1 N–H and O–H groups in total. The van der Waals surface area contributed by atoms with Gasteiger partial charge >= 0.3 is 0 Å². The Kier molecular flexibility index (Phi) is 5.69. The molecule has 27 heavy (non-hydrogen) atoms. The number of hydrogen-bond donors (Lipinski definition) is 1. The van der Waals surface area contributed by atoms with Crippen molar-refractivity contribution in [3.63, 3.8) is 0 Å². The summed E-state index contributed by atoms with van der Waals surface area (Å²) in [5.74, 6) is 0.509. The van der Waals surface area contributed by atoms with E-state index in [9.17, 15) is 9.90 Å². The van der Waals surface area contributed by atoms with Crippen LogP contribution in [-0.2, 0) is 7.05 Å². The number of phenolic OH excluding ortho intramolecular Hbond substituents is 1. The number of rotatable bonds is 5. The summed E-state index contributed by atoms with van der Waals surface area (Å²) in [6, 6.07) is 12.9. The number of nitrogens with zero attached hydrogens (tertiary/aromatic N) is 3. The Morgan fingerprint density at radius 1 is 1.26 bits per heavy atom. The average Bonchev–Trinajstić information content (AvgIpc) is 2.87. The summed E-state index contributed by atoms with van der Waals surface area (Å²) in [6.07, 6.45) is 1.61. The SMILES string of the molecule is CCOc1cc(C=Nc2c(C)n(C)n(-c3ccccc3)c2=O)cc(I)c1O. The van der Waals surface area contributed by atoms with Crippen molar-refractivity contribution in [2.24, 2.45) is 12.0 Å². The predicted octanol–water partition coefficient (Wildman–Crippen LogP) is 3.94. The number of para-hydroxylation sites is 1. The third-order valence-electron chi connectivity index (χ3n) is 4.22. The van der Waals surface area contributed by atoms with Crippen molar-refractivity contribution >= 4 is 34.5 Å². The molecule has 2 aromatic carbocycles. The molecule has 3 aromatic rings. The maximum absolute atomic E-state index is 12.9. The van der Waals surface area contributed by atoms with Gasteiger partial charge in [-0.1, -0.05) is 18.2 Å². The van der Waals surface area contributed by atoms with Crippen LogP contribution in [0.4, 0.5) is 5.69 Å². The minimum atomic E-state index is -0.184. The highest BCUT2D eigenvalue weighted by Gasteiger charge is 2.15. The molecule has 1 heterocycles. The van der Waals surface area contributed by atoms with Gasteiger partial charge in [-0.2, -0.15) is 0 Å². The first-order chi connectivity index (χ1) is 12.9. The summed E-state index contributed by atoms with van der Waals surface area (Å²) in [5, 5.41) is 10.1. The number of halogens is 1. The number of phenols is 1. The fraction of sp³-hybridized carbons (Fsp3) is 0.200. The van der Waals surface area contributed by atoms with Crippen molar-refractivity contribution in [1.82, 2.24) is 9.36 Å². The highest BCUT2D eigenvalue weighted by molar-refractivity contribution is 14.1. The van der Waals surface area contributed by atoms with Gasteiger partial charge in [-0.3, -0.25) is 9.48 Å². The minimum Gasteiger partial charge on any atom is -0.504 e. The van der Waals surface area contributed by atoms with Crippen molar-refractivity contribution < 1.29 is 9.84 Å². The third-order valence-corrected chi connectivity index (χ3v) is 5.04. The van der Waals surface area contributed by atoms with Crippen molar-refractivity contribution in [2.75, 3.05) is 6.61 Å². The molecule has 0 saturated carbocycles. The second kappa shape index (κ2) is 7.99. The average molecular weight is 477 g/mol. The Bertz CT molecular complexity index is 1050. The van der Waals surface area contributed by atoms with Crippen LogP contribution in [0.2, 0.25) is 0 Å². The number of aromatic nitrogens is 2. The molecule has 0 radical (unpaired) electrons. The summed E-state index contributed by atoms with van der Waals surface area (Å²) in [5.41, 5.74) is 2.49. The van der Waals surface area contributed by atoms with Crippen LogP contribution < -0.4 is 10.3 Å². The van der Waals surface area contributed by atoms with Gasteiger partial charge in [-0.05, 0) is 66.3 Å². The van der Waals surface area contributed by atoms with Gasteiger partial charge in [0.15, 0.2) is 17.2 Å². The first kappa shape index (κ1) is 19.2. The lowest BCUT2D eigenvalue weighted by molar-refractivity contribution is 0.317. The molecule has 7 heteroatoms. The third kappa shape index (κ3) is 3.78. The summed E-state index contributed by atoms with van der Waals surface area (Å²) in [4.78, 5) is 17.3. The van der Waals surface area contributed by atoms with E-state index in [1.54, 1.807) is 27.7 Å². The molecule has 0 amide bonds. The van der Waals surface area contributed by atoms with Crippen LogP contribution in [0.1, 0.15) is 18.2 Å². The van der Waals surface area contributed by atoms with E-state index in [4.69, 9.17) is 4.74 Å². The predicted molar refractivity (Wildman–Crippen MR) is 115 cm³/mol. The van der Waals surface area contributed by atoms with Gasteiger partial charge < -0.3 is 9.84 Å². The van der Waals surface area contributed by atoms with E-state index < -0.39 is 0 Å².